The summed E-state index contributed by atoms with van der Waals surface area (Å²) >= 11 is 15.5. The number of sulfonamides is 1. The number of anilines is 1. The number of nitrogens with zero attached hydrogens (tertiary/aromatic N) is 1. The number of piperidine rings is 1. The Morgan fingerprint density at radius 1 is 1.17 bits per heavy atom. The van der Waals surface area contributed by atoms with Gasteiger partial charge < -0.3 is 5.32 Å². The molecule has 0 saturated carbocycles. The predicted molar refractivity (Wildman–Crippen MR) is 120 cm³/mol. The Bertz CT molecular complexity index is 1040. The Hall–Kier alpha value is -1.12. The van der Waals surface area contributed by atoms with E-state index in [2.05, 4.69) is 21.2 Å². The largest absolute Gasteiger partial charge is 0.325 e. The molecule has 3 rings (SSSR count). The Morgan fingerprint density at radius 3 is 2.48 bits per heavy atom. The van der Waals surface area contributed by atoms with Crippen molar-refractivity contribution in [1.29, 1.82) is 0 Å². The number of carbonyl (C=O) groups excluding carboxylic acids is 1. The number of hydrogen-bond acceptors (Lipinski definition) is 3. The van der Waals surface area contributed by atoms with Crippen LogP contribution in [0.25, 0.3) is 0 Å². The van der Waals surface area contributed by atoms with Gasteiger partial charge in [-0.3, -0.25) is 4.79 Å². The summed E-state index contributed by atoms with van der Waals surface area (Å²) in [5.74, 6) is -0.630. The molecule has 0 aromatic heterocycles. The molecule has 2 aromatic carbocycles. The highest BCUT2D eigenvalue weighted by atomic mass is 79.9. The van der Waals surface area contributed by atoms with Crippen LogP contribution in [-0.2, 0) is 14.8 Å². The SMILES string of the molecule is Cc1cc(Br)cc(C)c1NC(=O)[C@H]1CCCN(S(=O)(=O)c2cc(Cl)ccc2Cl)C1. The third kappa shape index (κ3) is 4.97. The smallest absolute Gasteiger partial charge is 0.244 e. The van der Waals surface area contributed by atoms with E-state index in [0.29, 0.717) is 24.4 Å². The number of halogens is 3. The quantitative estimate of drug-likeness (QED) is 0.587. The van der Waals surface area contributed by atoms with Gasteiger partial charge >= 0.3 is 0 Å². The molecule has 2 aromatic rings. The normalized spacial score (nSPS) is 17.9. The van der Waals surface area contributed by atoms with Crippen LogP contribution in [0.4, 0.5) is 5.69 Å². The van der Waals surface area contributed by atoms with Gasteiger partial charge in [0.25, 0.3) is 0 Å². The van der Waals surface area contributed by atoms with E-state index in [1.807, 2.05) is 26.0 Å². The van der Waals surface area contributed by atoms with Crippen LogP contribution in [0.2, 0.25) is 10.0 Å². The molecule has 1 aliphatic rings. The Balaban J connectivity index is 1.80. The maximum atomic E-state index is 13.1. The fourth-order valence-corrected chi connectivity index (χ4v) is 6.47. The van der Waals surface area contributed by atoms with Crippen LogP contribution in [0, 0.1) is 19.8 Å². The van der Waals surface area contributed by atoms with Crippen molar-refractivity contribution in [3.05, 3.63) is 56.0 Å². The average molecular weight is 520 g/mol. The molecular weight excluding hydrogens is 499 g/mol. The van der Waals surface area contributed by atoms with E-state index >= 15 is 0 Å². The lowest BCUT2D eigenvalue weighted by Crippen LogP contribution is -2.43. The van der Waals surface area contributed by atoms with Gasteiger partial charge in [0.05, 0.1) is 10.9 Å². The Labute approximate surface area is 189 Å². The molecule has 1 amide bonds. The molecule has 0 bridgehead atoms. The zero-order valence-corrected chi connectivity index (χ0v) is 19.9. The van der Waals surface area contributed by atoms with Crippen molar-refractivity contribution >= 4 is 60.7 Å². The van der Waals surface area contributed by atoms with E-state index in [9.17, 15) is 13.2 Å². The summed E-state index contributed by atoms with van der Waals surface area (Å²) in [6.07, 6.45) is 1.21. The first-order valence-corrected chi connectivity index (χ1v) is 12.1. The minimum absolute atomic E-state index is 0.0349. The monoisotopic (exact) mass is 518 g/mol. The number of hydrogen-bond donors (Lipinski definition) is 1. The maximum Gasteiger partial charge on any atom is 0.244 e. The first kappa shape index (κ1) is 22.6. The van der Waals surface area contributed by atoms with Gasteiger partial charge in [-0.25, -0.2) is 8.42 Å². The van der Waals surface area contributed by atoms with Gasteiger partial charge in [-0.2, -0.15) is 4.31 Å². The van der Waals surface area contributed by atoms with E-state index in [0.717, 1.165) is 21.3 Å². The van der Waals surface area contributed by atoms with Crippen LogP contribution < -0.4 is 5.32 Å². The number of aryl methyl sites for hydroxylation is 2. The summed E-state index contributed by atoms with van der Waals surface area (Å²) in [5.41, 5.74) is 2.64. The fraction of sp³-hybridized carbons (Fsp3) is 0.350. The molecule has 1 fully saturated rings. The first-order valence-electron chi connectivity index (χ1n) is 9.12. The molecule has 1 N–H and O–H groups in total. The third-order valence-corrected chi connectivity index (χ3v) is 8.05. The second-order valence-corrected chi connectivity index (χ2v) is 10.8. The van der Waals surface area contributed by atoms with Crippen LogP contribution >= 0.6 is 39.1 Å². The van der Waals surface area contributed by atoms with Crippen molar-refractivity contribution in [2.24, 2.45) is 5.92 Å². The van der Waals surface area contributed by atoms with E-state index in [4.69, 9.17) is 23.2 Å². The van der Waals surface area contributed by atoms with Crippen LogP contribution in [0.5, 0.6) is 0 Å². The first-order chi connectivity index (χ1) is 13.6. The number of rotatable bonds is 4. The fourth-order valence-electron chi connectivity index (χ4n) is 3.52. The molecule has 0 unspecified atom stereocenters. The standard InChI is InChI=1S/C20H21BrCl2N2O3S/c1-12-8-15(21)9-13(2)19(12)24-20(26)14-4-3-7-25(11-14)29(27,28)18-10-16(22)5-6-17(18)23/h5-6,8-10,14H,3-4,7,11H2,1-2H3,(H,24,26)/t14-/m0/s1. The molecule has 29 heavy (non-hydrogen) atoms. The van der Waals surface area contributed by atoms with Crippen molar-refractivity contribution in [3.8, 4) is 0 Å². The second-order valence-electron chi connectivity index (χ2n) is 7.18. The molecule has 0 radical (unpaired) electrons. The molecule has 1 atom stereocenters. The van der Waals surface area contributed by atoms with Crippen molar-refractivity contribution in [2.75, 3.05) is 18.4 Å². The van der Waals surface area contributed by atoms with Gasteiger partial charge in [-0.15, -0.1) is 0 Å². The summed E-state index contributed by atoms with van der Waals surface area (Å²) in [6.45, 7) is 4.29. The average Bonchev–Trinajstić information content (AvgIpc) is 2.66. The predicted octanol–water partition coefficient (Wildman–Crippen LogP) is 5.41. The number of nitrogens with one attached hydrogen (secondary N) is 1. The van der Waals surface area contributed by atoms with Crippen LogP contribution in [0.15, 0.2) is 39.7 Å². The molecule has 5 nitrogen and oxygen atoms in total. The molecule has 1 aliphatic heterocycles. The van der Waals surface area contributed by atoms with E-state index in [1.54, 1.807) is 0 Å². The topological polar surface area (TPSA) is 66.5 Å². The third-order valence-electron chi connectivity index (χ3n) is 5.01. The van der Waals surface area contributed by atoms with E-state index in [-0.39, 0.29) is 22.4 Å². The Kier molecular flexibility index (Phi) is 6.95. The molecular formula is C20H21BrCl2N2O3S. The van der Waals surface area contributed by atoms with Crippen molar-refractivity contribution in [3.63, 3.8) is 0 Å². The minimum atomic E-state index is -3.85. The lowest BCUT2D eigenvalue weighted by atomic mass is 9.98. The van der Waals surface area contributed by atoms with Gasteiger partial charge in [-0.05, 0) is 68.1 Å². The molecule has 1 saturated heterocycles. The summed E-state index contributed by atoms with van der Waals surface area (Å²) < 4.78 is 28.4. The summed E-state index contributed by atoms with van der Waals surface area (Å²) in [4.78, 5) is 12.9. The van der Waals surface area contributed by atoms with Gasteiger partial charge in [-0.1, -0.05) is 39.1 Å². The van der Waals surface area contributed by atoms with Crippen molar-refractivity contribution in [2.45, 2.75) is 31.6 Å². The maximum absolute atomic E-state index is 13.1. The van der Waals surface area contributed by atoms with Gasteiger partial charge in [0.2, 0.25) is 15.9 Å². The van der Waals surface area contributed by atoms with Gasteiger partial charge in [0, 0.05) is 28.3 Å². The minimum Gasteiger partial charge on any atom is -0.325 e. The van der Waals surface area contributed by atoms with Crippen LogP contribution in [-0.4, -0.2) is 31.7 Å². The molecule has 0 spiro atoms. The summed E-state index contributed by atoms with van der Waals surface area (Å²) in [6, 6.07) is 8.21. The number of carbonyl (C=O) groups is 1. The second kappa shape index (κ2) is 8.94. The lowest BCUT2D eigenvalue weighted by molar-refractivity contribution is -0.120. The lowest BCUT2D eigenvalue weighted by Gasteiger charge is -2.31. The van der Waals surface area contributed by atoms with Gasteiger partial charge in [0.15, 0.2) is 0 Å². The van der Waals surface area contributed by atoms with Gasteiger partial charge in [0.1, 0.15) is 4.90 Å². The highest BCUT2D eigenvalue weighted by Crippen LogP contribution is 2.31. The van der Waals surface area contributed by atoms with Crippen molar-refractivity contribution < 1.29 is 13.2 Å². The number of benzene rings is 2. The highest BCUT2D eigenvalue weighted by Gasteiger charge is 2.34. The molecule has 156 valence electrons. The zero-order chi connectivity index (χ0) is 21.3. The Morgan fingerprint density at radius 2 is 1.83 bits per heavy atom. The molecule has 0 aliphatic carbocycles. The molecule has 1 heterocycles. The van der Waals surface area contributed by atoms with E-state index in [1.165, 1.54) is 22.5 Å². The molecule has 9 heteroatoms. The number of amides is 1. The van der Waals surface area contributed by atoms with Crippen LogP contribution in [0.3, 0.4) is 0 Å². The highest BCUT2D eigenvalue weighted by molar-refractivity contribution is 9.10. The van der Waals surface area contributed by atoms with Crippen LogP contribution in [0.1, 0.15) is 24.0 Å². The zero-order valence-electron chi connectivity index (χ0n) is 16.0. The van der Waals surface area contributed by atoms with Crippen molar-refractivity contribution in [1.82, 2.24) is 4.31 Å². The summed E-state index contributed by atoms with van der Waals surface area (Å²) in [5, 5.41) is 3.38. The summed E-state index contributed by atoms with van der Waals surface area (Å²) in [7, 11) is -3.85. The van der Waals surface area contributed by atoms with E-state index < -0.39 is 15.9 Å².